The number of likely N-dealkylation sites (tertiary alicyclic amines) is 1. The van der Waals surface area contributed by atoms with Crippen molar-refractivity contribution in [2.24, 2.45) is 0 Å². The summed E-state index contributed by atoms with van der Waals surface area (Å²) < 4.78 is 5.28. The van der Waals surface area contributed by atoms with Crippen molar-refractivity contribution in [2.45, 2.75) is 45.1 Å². The molecule has 0 saturated carbocycles. The van der Waals surface area contributed by atoms with Gasteiger partial charge in [-0.05, 0) is 45.0 Å². The van der Waals surface area contributed by atoms with Crippen LogP contribution in [-0.2, 0) is 4.79 Å². The first-order valence-electron chi connectivity index (χ1n) is 7.90. The Morgan fingerprint density at radius 2 is 1.76 bits per heavy atom. The minimum atomic E-state index is -0.104. The average Bonchev–Trinajstić information content (AvgIpc) is 2.47. The highest BCUT2D eigenvalue weighted by Crippen LogP contribution is 2.23. The van der Waals surface area contributed by atoms with Crippen molar-refractivity contribution in [3.63, 3.8) is 0 Å². The molecule has 0 bridgehead atoms. The Hall–Kier alpha value is -1.55. The summed E-state index contributed by atoms with van der Waals surface area (Å²) in [6.07, 6.45) is 6.25. The van der Waals surface area contributed by atoms with Crippen LogP contribution in [0.1, 0.15) is 39.0 Å². The zero-order valence-electron chi connectivity index (χ0n) is 13.1. The number of amides is 1. The first-order chi connectivity index (χ1) is 10.2. The van der Waals surface area contributed by atoms with Crippen LogP contribution in [0, 0.1) is 0 Å². The maximum absolute atomic E-state index is 12.5. The summed E-state index contributed by atoms with van der Waals surface area (Å²) >= 11 is 0. The Morgan fingerprint density at radius 3 is 2.43 bits per heavy atom. The summed E-state index contributed by atoms with van der Waals surface area (Å²) in [7, 11) is 1.62. The van der Waals surface area contributed by atoms with Crippen molar-refractivity contribution in [2.75, 3.05) is 25.5 Å². The summed E-state index contributed by atoms with van der Waals surface area (Å²) in [4.78, 5) is 14.8. The molecule has 1 aromatic carbocycles. The van der Waals surface area contributed by atoms with Gasteiger partial charge in [-0.1, -0.05) is 31.4 Å². The first kappa shape index (κ1) is 15.8. The molecule has 1 unspecified atom stereocenters. The molecule has 1 atom stereocenters. The van der Waals surface area contributed by atoms with E-state index in [1.807, 2.05) is 31.2 Å². The number of methoxy groups -OCH3 is 1. The van der Waals surface area contributed by atoms with Crippen LogP contribution in [-0.4, -0.2) is 37.0 Å². The standard InChI is InChI=1S/C17H26N2O2/c1-14(19-12-8-4-3-5-9-13-19)17(20)18-15-10-6-7-11-16(15)21-2/h6-7,10-11,14H,3-5,8-9,12-13H2,1-2H3,(H,18,20). The molecule has 4 heteroatoms. The van der Waals surface area contributed by atoms with Gasteiger partial charge in [0.2, 0.25) is 5.91 Å². The fraction of sp³-hybridized carbons (Fsp3) is 0.588. The zero-order chi connectivity index (χ0) is 15.1. The molecular formula is C17H26N2O2. The lowest BCUT2D eigenvalue weighted by Gasteiger charge is -2.29. The number of para-hydroxylation sites is 2. The van der Waals surface area contributed by atoms with E-state index >= 15 is 0 Å². The maximum atomic E-state index is 12.5. The van der Waals surface area contributed by atoms with E-state index in [4.69, 9.17) is 4.74 Å². The van der Waals surface area contributed by atoms with E-state index in [1.54, 1.807) is 7.11 Å². The summed E-state index contributed by atoms with van der Waals surface area (Å²) in [5.41, 5.74) is 0.740. The highest BCUT2D eigenvalue weighted by Gasteiger charge is 2.22. The van der Waals surface area contributed by atoms with Gasteiger partial charge in [0.1, 0.15) is 5.75 Å². The lowest BCUT2D eigenvalue weighted by Crippen LogP contribution is -2.43. The molecule has 116 valence electrons. The first-order valence-corrected chi connectivity index (χ1v) is 7.90. The predicted octanol–water partition coefficient (Wildman–Crippen LogP) is 3.29. The molecule has 1 aromatic rings. The molecular weight excluding hydrogens is 264 g/mol. The minimum Gasteiger partial charge on any atom is -0.495 e. The van der Waals surface area contributed by atoms with Crippen LogP contribution in [0.4, 0.5) is 5.69 Å². The second kappa shape index (κ2) is 8.03. The number of benzene rings is 1. The van der Waals surface area contributed by atoms with Crippen molar-refractivity contribution < 1.29 is 9.53 Å². The summed E-state index contributed by atoms with van der Waals surface area (Å²) in [6.45, 7) is 4.02. The van der Waals surface area contributed by atoms with Gasteiger partial charge in [0.15, 0.2) is 0 Å². The van der Waals surface area contributed by atoms with Crippen LogP contribution in [0.3, 0.4) is 0 Å². The number of nitrogens with zero attached hydrogens (tertiary/aromatic N) is 1. The van der Waals surface area contributed by atoms with Gasteiger partial charge in [0.25, 0.3) is 0 Å². The molecule has 21 heavy (non-hydrogen) atoms. The van der Waals surface area contributed by atoms with Gasteiger partial charge in [0.05, 0.1) is 18.8 Å². The third kappa shape index (κ3) is 4.46. The third-order valence-corrected chi connectivity index (χ3v) is 4.18. The number of nitrogens with one attached hydrogen (secondary N) is 1. The normalized spacial score (nSPS) is 18.4. The van der Waals surface area contributed by atoms with E-state index in [2.05, 4.69) is 10.2 Å². The Bertz CT molecular complexity index is 454. The van der Waals surface area contributed by atoms with Gasteiger partial charge in [-0.3, -0.25) is 9.69 Å². The zero-order valence-corrected chi connectivity index (χ0v) is 13.1. The average molecular weight is 290 g/mol. The van der Waals surface area contributed by atoms with Crippen molar-refractivity contribution in [3.8, 4) is 5.75 Å². The van der Waals surface area contributed by atoms with Crippen LogP contribution >= 0.6 is 0 Å². The van der Waals surface area contributed by atoms with E-state index in [9.17, 15) is 4.79 Å². The number of hydrogen-bond acceptors (Lipinski definition) is 3. The number of ether oxygens (including phenoxy) is 1. The quantitative estimate of drug-likeness (QED) is 0.925. The Labute approximate surface area is 127 Å². The molecule has 0 spiro atoms. The van der Waals surface area contributed by atoms with Gasteiger partial charge >= 0.3 is 0 Å². The Kier molecular flexibility index (Phi) is 6.05. The summed E-state index contributed by atoms with van der Waals surface area (Å²) in [5, 5.41) is 2.99. The largest absolute Gasteiger partial charge is 0.495 e. The second-order valence-corrected chi connectivity index (χ2v) is 5.67. The van der Waals surface area contributed by atoms with E-state index in [0.29, 0.717) is 5.75 Å². The highest BCUT2D eigenvalue weighted by atomic mass is 16.5. The number of carbonyl (C=O) groups is 1. The van der Waals surface area contributed by atoms with Gasteiger partial charge in [0, 0.05) is 0 Å². The molecule has 1 heterocycles. The molecule has 2 rings (SSSR count). The van der Waals surface area contributed by atoms with Gasteiger partial charge in [-0.25, -0.2) is 0 Å². The molecule has 1 amide bonds. The van der Waals surface area contributed by atoms with Gasteiger partial charge < -0.3 is 10.1 Å². The molecule has 4 nitrogen and oxygen atoms in total. The smallest absolute Gasteiger partial charge is 0.241 e. The van der Waals surface area contributed by atoms with Crippen molar-refractivity contribution in [1.82, 2.24) is 4.90 Å². The molecule has 0 aliphatic carbocycles. The van der Waals surface area contributed by atoms with Crippen molar-refractivity contribution in [1.29, 1.82) is 0 Å². The summed E-state index contributed by atoms with van der Waals surface area (Å²) in [6, 6.07) is 7.43. The highest BCUT2D eigenvalue weighted by molar-refractivity contribution is 5.95. The minimum absolute atomic E-state index is 0.0417. The lowest BCUT2D eigenvalue weighted by molar-refractivity contribution is -0.120. The number of carbonyl (C=O) groups excluding carboxylic acids is 1. The van der Waals surface area contributed by atoms with Crippen LogP contribution in [0.2, 0.25) is 0 Å². The van der Waals surface area contributed by atoms with E-state index in [-0.39, 0.29) is 11.9 Å². The molecule has 1 saturated heterocycles. The lowest BCUT2D eigenvalue weighted by atomic mass is 10.1. The fourth-order valence-electron chi connectivity index (χ4n) is 2.81. The molecule has 0 aromatic heterocycles. The van der Waals surface area contributed by atoms with Crippen LogP contribution in [0.5, 0.6) is 5.75 Å². The number of anilines is 1. The van der Waals surface area contributed by atoms with E-state index in [0.717, 1.165) is 18.8 Å². The predicted molar refractivity (Wildman–Crippen MR) is 85.7 cm³/mol. The van der Waals surface area contributed by atoms with Crippen molar-refractivity contribution in [3.05, 3.63) is 24.3 Å². The maximum Gasteiger partial charge on any atom is 0.241 e. The topological polar surface area (TPSA) is 41.6 Å². The monoisotopic (exact) mass is 290 g/mol. The van der Waals surface area contributed by atoms with Crippen molar-refractivity contribution >= 4 is 11.6 Å². The fourth-order valence-corrected chi connectivity index (χ4v) is 2.81. The number of rotatable bonds is 4. The van der Waals surface area contributed by atoms with Crippen LogP contribution in [0.15, 0.2) is 24.3 Å². The second-order valence-electron chi connectivity index (χ2n) is 5.67. The van der Waals surface area contributed by atoms with E-state index in [1.165, 1.54) is 32.1 Å². The third-order valence-electron chi connectivity index (χ3n) is 4.18. The van der Waals surface area contributed by atoms with Gasteiger partial charge in [-0.2, -0.15) is 0 Å². The Morgan fingerprint density at radius 1 is 1.14 bits per heavy atom. The van der Waals surface area contributed by atoms with Crippen LogP contribution < -0.4 is 10.1 Å². The number of hydrogen-bond donors (Lipinski definition) is 1. The molecule has 1 N–H and O–H groups in total. The molecule has 0 radical (unpaired) electrons. The molecule has 1 aliphatic rings. The SMILES string of the molecule is COc1ccccc1NC(=O)C(C)N1CCCCCCC1. The van der Waals surface area contributed by atoms with Crippen LogP contribution in [0.25, 0.3) is 0 Å². The molecule has 1 fully saturated rings. The summed E-state index contributed by atoms with van der Waals surface area (Å²) in [5.74, 6) is 0.741. The van der Waals surface area contributed by atoms with E-state index < -0.39 is 0 Å². The molecule has 1 aliphatic heterocycles. The van der Waals surface area contributed by atoms with Gasteiger partial charge in [-0.15, -0.1) is 0 Å². The Balaban J connectivity index is 1.97.